The van der Waals surface area contributed by atoms with Crippen LogP contribution in [0.1, 0.15) is 60.5 Å². The molecule has 0 heterocycles. The van der Waals surface area contributed by atoms with E-state index in [1.54, 1.807) is 24.3 Å². The van der Waals surface area contributed by atoms with Gasteiger partial charge in [-0.2, -0.15) is 0 Å². The Kier molecular flexibility index (Phi) is 14.5. The number of carbonyl (C=O) groups is 5. The van der Waals surface area contributed by atoms with E-state index in [0.717, 1.165) is 24.8 Å². The number of unbranched alkanes of at least 4 members (excludes halogenated alkanes) is 2. The number of rotatable bonds is 19. The first-order chi connectivity index (χ1) is 20.1. The molecule has 0 saturated carbocycles. The van der Waals surface area contributed by atoms with Gasteiger partial charge in [-0.25, -0.2) is 9.59 Å². The predicted molar refractivity (Wildman–Crippen MR) is 153 cm³/mol. The Labute approximate surface area is 244 Å². The average Bonchev–Trinajstić information content (AvgIpc) is 2.97. The molecule has 0 fully saturated rings. The molecular formula is C30H39N3O9. The zero-order valence-electron chi connectivity index (χ0n) is 23.6. The molecule has 2 aromatic rings. The van der Waals surface area contributed by atoms with Crippen LogP contribution in [-0.2, 0) is 32.0 Å². The number of hydrogen-bond donors (Lipinski definition) is 6. The van der Waals surface area contributed by atoms with E-state index >= 15 is 0 Å². The fourth-order valence-corrected chi connectivity index (χ4v) is 4.13. The standard InChI is InChI=1S/C30H39N3O9/c1-2-3-7-14-31-28(38)23(18-21-12-13-25(42-19-27(36)37)22(16-21)30(40)41)33-29(39)24(32-26(35)11-8-15-34)17-20-9-5-4-6-10-20/h4-6,9-10,12-13,16,23-24,34H,2-3,7-8,11,14-15,17-19H2,1H3,(H,31,38)(H,32,35)(H,33,39)(H,36,37)(H,40,41)/t23-,24-/m0/s1. The van der Waals surface area contributed by atoms with Crippen LogP contribution in [0.2, 0.25) is 0 Å². The molecule has 0 saturated heterocycles. The third-order valence-electron chi connectivity index (χ3n) is 6.27. The highest BCUT2D eigenvalue weighted by molar-refractivity contribution is 5.93. The molecule has 0 spiro atoms. The summed E-state index contributed by atoms with van der Waals surface area (Å²) in [5.41, 5.74) is 0.875. The van der Waals surface area contributed by atoms with E-state index in [0.29, 0.717) is 12.1 Å². The van der Waals surface area contributed by atoms with Crippen molar-refractivity contribution in [1.82, 2.24) is 16.0 Å². The highest BCUT2D eigenvalue weighted by Gasteiger charge is 2.28. The third kappa shape index (κ3) is 12.0. The molecule has 42 heavy (non-hydrogen) atoms. The van der Waals surface area contributed by atoms with Gasteiger partial charge in [0, 0.05) is 32.4 Å². The topological polar surface area (TPSA) is 191 Å². The predicted octanol–water partition coefficient (Wildman–Crippen LogP) is 1.68. The minimum Gasteiger partial charge on any atom is -0.481 e. The summed E-state index contributed by atoms with van der Waals surface area (Å²) in [6.45, 7) is 1.50. The normalized spacial score (nSPS) is 12.0. The van der Waals surface area contributed by atoms with Crippen LogP contribution in [0.4, 0.5) is 0 Å². The summed E-state index contributed by atoms with van der Waals surface area (Å²) >= 11 is 0. The molecule has 3 amide bonds. The van der Waals surface area contributed by atoms with Crippen molar-refractivity contribution in [2.75, 3.05) is 19.8 Å². The van der Waals surface area contributed by atoms with Gasteiger partial charge >= 0.3 is 11.9 Å². The summed E-state index contributed by atoms with van der Waals surface area (Å²) < 4.78 is 5.08. The fraction of sp³-hybridized carbons (Fsp3) is 0.433. The van der Waals surface area contributed by atoms with Gasteiger partial charge < -0.3 is 36.0 Å². The Morgan fingerprint density at radius 2 is 1.52 bits per heavy atom. The Morgan fingerprint density at radius 1 is 0.833 bits per heavy atom. The number of benzene rings is 2. The zero-order valence-corrected chi connectivity index (χ0v) is 23.6. The summed E-state index contributed by atoms with van der Waals surface area (Å²) in [5.74, 6) is -4.28. The number of hydrogen-bond acceptors (Lipinski definition) is 7. The Hall–Kier alpha value is -4.45. The van der Waals surface area contributed by atoms with Gasteiger partial charge in [-0.05, 0) is 36.1 Å². The highest BCUT2D eigenvalue weighted by Crippen LogP contribution is 2.21. The lowest BCUT2D eigenvalue weighted by Crippen LogP contribution is -2.55. The second-order valence-corrected chi connectivity index (χ2v) is 9.72. The molecule has 0 aliphatic carbocycles. The van der Waals surface area contributed by atoms with E-state index in [9.17, 15) is 29.1 Å². The number of aliphatic hydroxyl groups excluding tert-OH is 1. The Bertz CT molecular complexity index is 1200. The molecule has 2 aromatic carbocycles. The van der Waals surface area contributed by atoms with Crippen LogP contribution >= 0.6 is 0 Å². The van der Waals surface area contributed by atoms with Crippen molar-refractivity contribution in [3.63, 3.8) is 0 Å². The summed E-state index contributed by atoms with van der Waals surface area (Å²) in [4.78, 5) is 61.9. The molecule has 0 aliphatic rings. The summed E-state index contributed by atoms with van der Waals surface area (Å²) in [6, 6.07) is 11.0. The van der Waals surface area contributed by atoms with E-state index in [2.05, 4.69) is 16.0 Å². The van der Waals surface area contributed by atoms with Gasteiger partial charge in [0.2, 0.25) is 17.7 Å². The smallest absolute Gasteiger partial charge is 0.341 e. The maximum Gasteiger partial charge on any atom is 0.341 e. The molecule has 0 bridgehead atoms. The van der Waals surface area contributed by atoms with Crippen molar-refractivity contribution in [3.05, 3.63) is 65.2 Å². The van der Waals surface area contributed by atoms with Crippen LogP contribution in [0.15, 0.2) is 48.5 Å². The maximum atomic E-state index is 13.5. The molecule has 12 heteroatoms. The second kappa shape index (κ2) is 18.1. The largest absolute Gasteiger partial charge is 0.481 e. The third-order valence-corrected chi connectivity index (χ3v) is 6.27. The van der Waals surface area contributed by atoms with Gasteiger partial charge in [0.15, 0.2) is 6.61 Å². The first-order valence-corrected chi connectivity index (χ1v) is 13.9. The first-order valence-electron chi connectivity index (χ1n) is 13.9. The number of aliphatic carboxylic acids is 1. The lowest BCUT2D eigenvalue weighted by atomic mass is 10.0. The average molecular weight is 586 g/mol. The van der Waals surface area contributed by atoms with Crippen molar-refractivity contribution in [3.8, 4) is 5.75 Å². The van der Waals surface area contributed by atoms with Gasteiger partial charge in [-0.3, -0.25) is 14.4 Å². The Balaban J connectivity index is 2.31. The van der Waals surface area contributed by atoms with Gasteiger partial charge in [0.1, 0.15) is 23.4 Å². The molecule has 0 aromatic heterocycles. The molecule has 2 atom stereocenters. The zero-order chi connectivity index (χ0) is 30.9. The van der Waals surface area contributed by atoms with E-state index in [1.807, 2.05) is 13.0 Å². The molecule has 0 radical (unpaired) electrons. The fourth-order valence-electron chi connectivity index (χ4n) is 4.13. The van der Waals surface area contributed by atoms with Crippen molar-refractivity contribution < 1.29 is 44.0 Å². The number of ether oxygens (including phenoxy) is 1. The van der Waals surface area contributed by atoms with Crippen molar-refractivity contribution in [1.29, 1.82) is 0 Å². The van der Waals surface area contributed by atoms with Crippen LogP contribution in [-0.4, -0.2) is 76.8 Å². The van der Waals surface area contributed by atoms with Gasteiger partial charge in [-0.1, -0.05) is 56.2 Å². The molecular weight excluding hydrogens is 546 g/mol. The summed E-state index contributed by atoms with van der Waals surface area (Å²) in [7, 11) is 0. The van der Waals surface area contributed by atoms with Crippen LogP contribution in [0.3, 0.4) is 0 Å². The monoisotopic (exact) mass is 585 g/mol. The molecule has 2 rings (SSSR count). The van der Waals surface area contributed by atoms with Gasteiger partial charge in [0.05, 0.1) is 0 Å². The molecule has 12 nitrogen and oxygen atoms in total. The minimum absolute atomic E-state index is 0.0185. The van der Waals surface area contributed by atoms with Crippen LogP contribution in [0.25, 0.3) is 0 Å². The molecule has 6 N–H and O–H groups in total. The van der Waals surface area contributed by atoms with Crippen molar-refractivity contribution >= 4 is 29.7 Å². The molecule has 0 aliphatic heterocycles. The number of amides is 3. The number of aromatic carboxylic acids is 1. The van der Waals surface area contributed by atoms with Crippen LogP contribution in [0.5, 0.6) is 5.75 Å². The van der Waals surface area contributed by atoms with E-state index in [4.69, 9.17) is 14.9 Å². The van der Waals surface area contributed by atoms with Crippen molar-refractivity contribution in [2.24, 2.45) is 0 Å². The number of carbonyl (C=O) groups excluding carboxylic acids is 3. The number of aliphatic hydroxyl groups is 1. The number of carboxylic acid groups (broad SMARTS) is 2. The Morgan fingerprint density at radius 3 is 2.17 bits per heavy atom. The number of carboxylic acids is 2. The van der Waals surface area contributed by atoms with Gasteiger partial charge in [-0.15, -0.1) is 0 Å². The van der Waals surface area contributed by atoms with Crippen LogP contribution < -0.4 is 20.7 Å². The lowest BCUT2D eigenvalue weighted by Gasteiger charge is -2.24. The summed E-state index contributed by atoms with van der Waals surface area (Å²) in [5, 5.41) is 35.8. The first kappa shape index (κ1) is 33.8. The van der Waals surface area contributed by atoms with Crippen molar-refractivity contribution in [2.45, 2.75) is 64.0 Å². The van der Waals surface area contributed by atoms with E-state index < -0.39 is 48.4 Å². The number of nitrogens with one attached hydrogen (secondary N) is 3. The quantitative estimate of drug-likeness (QED) is 0.133. The van der Waals surface area contributed by atoms with Gasteiger partial charge in [0.25, 0.3) is 0 Å². The van der Waals surface area contributed by atoms with Crippen LogP contribution in [0, 0.1) is 0 Å². The highest BCUT2D eigenvalue weighted by atomic mass is 16.5. The SMILES string of the molecule is CCCCCNC(=O)[C@H](Cc1ccc(OCC(=O)O)c(C(=O)O)c1)NC(=O)[C@H](Cc1ccccc1)NC(=O)CCCO. The molecule has 228 valence electrons. The lowest BCUT2D eigenvalue weighted by molar-refractivity contribution is -0.139. The maximum absolute atomic E-state index is 13.5. The summed E-state index contributed by atoms with van der Waals surface area (Å²) in [6.07, 6.45) is 2.90. The van der Waals surface area contributed by atoms with E-state index in [1.165, 1.54) is 18.2 Å². The van der Waals surface area contributed by atoms with E-state index in [-0.39, 0.29) is 43.6 Å². The minimum atomic E-state index is -1.35. The second-order valence-electron chi connectivity index (χ2n) is 9.72. The molecule has 0 unspecified atom stereocenters.